The Hall–Kier alpha value is -3.13. The van der Waals surface area contributed by atoms with Crippen LogP contribution in [0.1, 0.15) is 24.1 Å². The van der Waals surface area contributed by atoms with Crippen LogP contribution in [0.3, 0.4) is 0 Å². The summed E-state index contributed by atoms with van der Waals surface area (Å²) in [5, 5.41) is 18.1. The molecule has 0 unspecified atom stereocenters. The number of nitrogens with zero attached hydrogens (tertiary/aromatic N) is 7. The summed E-state index contributed by atoms with van der Waals surface area (Å²) in [5.74, 6) is -1.72. The molecule has 1 aromatic carbocycles. The number of anilines is 2. The first-order valence-corrected chi connectivity index (χ1v) is 13.6. The molecule has 0 atom stereocenters. The fourth-order valence-corrected chi connectivity index (χ4v) is 6.54. The van der Waals surface area contributed by atoms with Crippen molar-refractivity contribution in [3.8, 4) is 6.07 Å². The fourth-order valence-electron chi connectivity index (χ4n) is 6.35. The van der Waals surface area contributed by atoms with E-state index in [1.54, 1.807) is 11.0 Å². The van der Waals surface area contributed by atoms with Gasteiger partial charge in [-0.25, -0.2) is 13.8 Å². The molecule has 39 heavy (non-hydrogen) atoms. The first kappa shape index (κ1) is 26.1. The van der Waals surface area contributed by atoms with Gasteiger partial charge in [0.25, 0.3) is 5.92 Å². The van der Waals surface area contributed by atoms with E-state index >= 15 is 0 Å². The number of hydrogen-bond donors (Lipinski definition) is 0. The highest BCUT2D eigenvalue weighted by Crippen LogP contribution is 2.54. The molecule has 6 rings (SSSR count). The lowest BCUT2D eigenvalue weighted by atomic mass is 9.57. The number of aromatic nitrogens is 1. The van der Waals surface area contributed by atoms with Crippen molar-refractivity contribution in [1.82, 2.24) is 9.88 Å². The van der Waals surface area contributed by atoms with Crippen LogP contribution in [0.2, 0.25) is 5.02 Å². The SMILES string of the molecule is C=N/N=C(/C1CC2(C1)CN(c1cccc(C#N)n1)C2)N1CCN(CC(F)(F)C2COC2)Cc2cc(Cl)ccc21. The number of hydrogen-bond acceptors (Lipinski definition) is 7. The predicted molar refractivity (Wildman–Crippen MR) is 147 cm³/mol. The number of amidine groups is 1. The van der Waals surface area contributed by atoms with Crippen molar-refractivity contribution >= 4 is 35.7 Å². The lowest BCUT2D eigenvalue weighted by Crippen LogP contribution is -2.64. The molecular formula is C28H30ClF2N7O. The highest BCUT2D eigenvalue weighted by Gasteiger charge is 2.55. The molecule has 4 aliphatic rings. The van der Waals surface area contributed by atoms with Crippen LogP contribution in [-0.4, -0.2) is 74.3 Å². The van der Waals surface area contributed by atoms with Gasteiger partial charge < -0.3 is 14.5 Å². The molecule has 1 aliphatic carbocycles. The minimum atomic E-state index is -2.82. The van der Waals surface area contributed by atoms with Crippen LogP contribution >= 0.6 is 11.6 Å². The van der Waals surface area contributed by atoms with E-state index in [2.05, 4.69) is 37.8 Å². The zero-order chi connectivity index (χ0) is 27.2. The van der Waals surface area contributed by atoms with E-state index in [0.717, 1.165) is 48.8 Å². The topological polar surface area (TPSA) is 80.3 Å². The Labute approximate surface area is 231 Å². The van der Waals surface area contributed by atoms with Gasteiger partial charge in [0, 0.05) is 61.5 Å². The molecule has 0 amide bonds. The highest BCUT2D eigenvalue weighted by molar-refractivity contribution is 6.30. The van der Waals surface area contributed by atoms with E-state index in [9.17, 15) is 8.78 Å². The van der Waals surface area contributed by atoms with Gasteiger partial charge in [-0.05, 0) is 48.7 Å². The molecule has 204 valence electrons. The Kier molecular flexibility index (Phi) is 6.78. The number of benzene rings is 1. The standard InChI is InChI=1S/C28H30ClF2N7O/c1-33-35-26(20-10-27(11-20)16-37(17-27)25-4-2-3-23(12-32)34-25)38-8-7-36(18-28(30,31)21-14-39-15-21)13-19-9-22(29)5-6-24(19)38/h2-6,9,20-21H,1,7-8,10-11,13-18H2/b35-26-. The van der Waals surface area contributed by atoms with Crippen molar-refractivity contribution in [2.24, 2.45) is 27.5 Å². The lowest BCUT2D eigenvalue weighted by molar-refractivity contribution is -0.178. The first-order valence-electron chi connectivity index (χ1n) is 13.2. The van der Waals surface area contributed by atoms with E-state index in [0.29, 0.717) is 30.4 Å². The lowest BCUT2D eigenvalue weighted by Gasteiger charge is -2.60. The second kappa shape index (κ2) is 10.1. The molecule has 2 saturated heterocycles. The summed E-state index contributed by atoms with van der Waals surface area (Å²) in [7, 11) is 0. The molecular weight excluding hydrogens is 524 g/mol. The van der Waals surface area contributed by atoms with Crippen molar-refractivity contribution in [1.29, 1.82) is 5.26 Å². The number of fused-ring (bicyclic) bond motifs is 1. The van der Waals surface area contributed by atoms with Crippen LogP contribution in [0.15, 0.2) is 46.6 Å². The van der Waals surface area contributed by atoms with Gasteiger partial charge in [-0.3, -0.25) is 4.90 Å². The molecule has 3 fully saturated rings. The summed E-state index contributed by atoms with van der Waals surface area (Å²) in [4.78, 5) is 10.6. The van der Waals surface area contributed by atoms with Gasteiger partial charge in [0.05, 0.1) is 25.7 Å². The van der Waals surface area contributed by atoms with Gasteiger partial charge in [0.2, 0.25) is 0 Å². The summed E-state index contributed by atoms with van der Waals surface area (Å²) >= 11 is 6.34. The summed E-state index contributed by atoms with van der Waals surface area (Å²) in [6, 6.07) is 13.2. The number of halogens is 3. The van der Waals surface area contributed by atoms with E-state index < -0.39 is 11.8 Å². The van der Waals surface area contributed by atoms with Gasteiger partial charge in [0.15, 0.2) is 0 Å². The number of nitriles is 1. The molecule has 4 heterocycles. The number of alkyl halides is 2. The van der Waals surface area contributed by atoms with E-state index in [1.165, 1.54) is 0 Å². The third kappa shape index (κ3) is 4.99. The molecule has 3 aliphatic heterocycles. The number of pyridine rings is 1. The Bertz CT molecular complexity index is 1330. The van der Waals surface area contributed by atoms with Crippen LogP contribution < -0.4 is 9.80 Å². The monoisotopic (exact) mass is 553 g/mol. The maximum Gasteiger partial charge on any atom is 0.267 e. The van der Waals surface area contributed by atoms with Gasteiger partial charge in [-0.1, -0.05) is 17.7 Å². The van der Waals surface area contributed by atoms with E-state index in [4.69, 9.17) is 21.6 Å². The van der Waals surface area contributed by atoms with Crippen LogP contribution in [0, 0.1) is 28.6 Å². The number of rotatable bonds is 6. The van der Waals surface area contributed by atoms with Gasteiger partial charge in [-0.15, -0.1) is 5.10 Å². The van der Waals surface area contributed by atoms with Crippen LogP contribution in [0.25, 0.3) is 0 Å². The minimum Gasteiger partial charge on any atom is -0.380 e. The van der Waals surface area contributed by atoms with Crippen molar-refractivity contribution in [3.05, 3.63) is 52.7 Å². The van der Waals surface area contributed by atoms with E-state index in [1.807, 2.05) is 30.3 Å². The Morgan fingerprint density at radius 3 is 2.72 bits per heavy atom. The molecule has 0 bridgehead atoms. The third-order valence-electron chi connectivity index (χ3n) is 8.44. The molecule has 1 aromatic heterocycles. The quantitative estimate of drug-likeness (QED) is 0.299. The fraction of sp³-hybridized carbons (Fsp3) is 0.500. The third-order valence-corrected chi connectivity index (χ3v) is 8.67. The van der Waals surface area contributed by atoms with Gasteiger partial charge in [0.1, 0.15) is 23.4 Å². The van der Waals surface area contributed by atoms with Crippen LogP contribution in [0.5, 0.6) is 0 Å². The minimum absolute atomic E-state index is 0.109. The second-order valence-corrected chi connectivity index (χ2v) is 11.6. The molecule has 1 saturated carbocycles. The smallest absolute Gasteiger partial charge is 0.267 e. The zero-order valence-electron chi connectivity index (χ0n) is 21.6. The molecule has 2 aromatic rings. The molecule has 0 radical (unpaired) electrons. The molecule has 8 nitrogen and oxygen atoms in total. The predicted octanol–water partition coefficient (Wildman–Crippen LogP) is 4.44. The summed E-state index contributed by atoms with van der Waals surface area (Å²) < 4.78 is 34.8. The van der Waals surface area contributed by atoms with Crippen molar-refractivity contribution in [2.75, 3.05) is 55.7 Å². The Morgan fingerprint density at radius 1 is 1.23 bits per heavy atom. The second-order valence-electron chi connectivity index (χ2n) is 11.2. The van der Waals surface area contributed by atoms with Crippen molar-refractivity contribution in [3.63, 3.8) is 0 Å². The molecule has 1 spiro atoms. The molecule has 0 N–H and O–H groups in total. The van der Waals surface area contributed by atoms with Gasteiger partial charge in [-0.2, -0.15) is 10.4 Å². The van der Waals surface area contributed by atoms with Crippen LogP contribution in [-0.2, 0) is 11.3 Å². The average Bonchev–Trinajstić information content (AvgIpc) is 2.98. The highest BCUT2D eigenvalue weighted by atomic mass is 35.5. The molecule has 11 heteroatoms. The summed E-state index contributed by atoms with van der Waals surface area (Å²) in [6.07, 6.45) is 1.89. The largest absolute Gasteiger partial charge is 0.380 e. The van der Waals surface area contributed by atoms with Gasteiger partial charge >= 0.3 is 0 Å². The van der Waals surface area contributed by atoms with Crippen molar-refractivity contribution in [2.45, 2.75) is 25.3 Å². The van der Waals surface area contributed by atoms with Crippen LogP contribution in [0.4, 0.5) is 20.3 Å². The number of ether oxygens (including phenoxy) is 1. The average molecular weight is 554 g/mol. The van der Waals surface area contributed by atoms with E-state index in [-0.39, 0.29) is 31.1 Å². The maximum atomic E-state index is 14.9. The summed E-state index contributed by atoms with van der Waals surface area (Å²) in [6.45, 7) is 6.61. The Morgan fingerprint density at radius 2 is 2.03 bits per heavy atom. The first-order chi connectivity index (χ1) is 18.8. The van der Waals surface area contributed by atoms with Crippen molar-refractivity contribution < 1.29 is 13.5 Å². The normalized spacial score (nSPS) is 21.8. The Balaban J connectivity index is 1.17. The zero-order valence-corrected chi connectivity index (χ0v) is 22.3. The maximum absolute atomic E-state index is 14.9. The summed E-state index contributed by atoms with van der Waals surface area (Å²) in [5.41, 5.74) is 2.40.